The van der Waals surface area contributed by atoms with E-state index in [0.717, 1.165) is 22.6 Å². The van der Waals surface area contributed by atoms with E-state index in [1.54, 1.807) is 16.9 Å². The molecule has 1 aliphatic rings. The topological polar surface area (TPSA) is 90.9 Å². The SMILES string of the molecule is Cc1ccc(CNC(=O)c2cnc3c(-c4ccc5c(c4)OCO5)cnn3c2C)o1. The molecule has 1 aliphatic heterocycles. The van der Waals surface area contributed by atoms with Crippen LogP contribution in [0.25, 0.3) is 16.8 Å². The van der Waals surface area contributed by atoms with E-state index in [9.17, 15) is 4.79 Å². The average molecular weight is 390 g/mol. The quantitative estimate of drug-likeness (QED) is 0.575. The maximum Gasteiger partial charge on any atom is 0.255 e. The number of hydrogen-bond acceptors (Lipinski definition) is 6. The second-order valence-corrected chi connectivity index (χ2v) is 6.81. The number of hydrogen-bond donors (Lipinski definition) is 1. The Morgan fingerprint density at radius 2 is 2.00 bits per heavy atom. The fourth-order valence-electron chi connectivity index (χ4n) is 3.38. The minimum absolute atomic E-state index is 0.223. The minimum atomic E-state index is -0.230. The lowest BCUT2D eigenvalue weighted by Gasteiger charge is -2.08. The summed E-state index contributed by atoms with van der Waals surface area (Å²) in [7, 11) is 0. The Bertz CT molecular complexity index is 1240. The average Bonchev–Trinajstić information content (AvgIpc) is 3.45. The van der Waals surface area contributed by atoms with Crippen molar-refractivity contribution < 1.29 is 18.7 Å². The molecule has 0 radical (unpaired) electrons. The second kappa shape index (κ2) is 6.66. The molecule has 29 heavy (non-hydrogen) atoms. The first-order valence-electron chi connectivity index (χ1n) is 9.17. The van der Waals surface area contributed by atoms with Crippen molar-refractivity contribution in [3.63, 3.8) is 0 Å². The van der Waals surface area contributed by atoms with Gasteiger partial charge in [0.1, 0.15) is 11.5 Å². The van der Waals surface area contributed by atoms with Gasteiger partial charge in [-0.3, -0.25) is 4.79 Å². The molecule has 146 valence electrons. The van der Waals surface area contributed by atoms with Crippen LogP contribution in [-0.4, -0.2) is 27.3 Å². The molecule has 0 atom stereocenters. The van der Waals surface area contributed by atoms with Gasteiger partial charge in [0.25, 0.3) is 5.91 Å². The third-order valence-electron chi connectivity index (χ3n) is 4.91. The Kier molecular flexibility index (Phi) is 3.97. The normalized spacial score (nSPS) is 12.5. The summed E-state index contributed by atoms with van der Waals surface area (Å²) in [5.41, 5.74) is 3.60. The molecule has 8 nitrogen and oxygen atoms in total. The molecule has 4 heterocycles. The number of furan rings is 1. The first-order valence-corrected chi connectivity index (χ1v) is 9.17. The van der Waals surface area contributed by atoms with Gasteiger partial charge in [0.15, 0.2) is 17.1 Å². The summed E-state index contributed by atoms with van der Waals surface area (Å²) in [6.07, 6.45) is 3.31. The van der Waals surface area contributed by atoms with Gasteiger partial charge in [-0.1, -0.05) is 6.07 Å². The van der Waals surface area contributed by atoms with Gasteiger partial charge >= 0.3 is 0 Å². The summed E-state index contributed by atoms with van der Waals surface area (Å²) >= 11 is 0. The highest BCUT2D eigenvalue weighted by molar-refractivity contribution is 5.95. The molecule has 4 aromatic rings. The summed E-state index contributed by atoms with van der Waals surface area (Å²) in [6.45, 7) is 4.24. The number of benzene rings is 1. The van der Waals surface area contributed by atoms with Crippen LogP contribution < -0.4 is 14.8 Å². The van der Waals surface area contributed by atoms with Gasteiger partial charge in [0, 0.05) is 11.8 Å². The van der Waals surface area contributed by atoms with Gasteiger partial charge in [-0.25, -0.2) is 9.50 Å². The van der Waals surface area contributed by atoms with Crippen LogP contribution in [0.1, 0.15) is 27.6 Å². The summed E-state index contributed by atoms with van der Waals surface area (Å²) in [6, 6.07) is 9.42. The predicted octanol–water partition coefficient (Wildman–Crippen LogP) is 3.26. The fraction of sp³-hybridized carbons (Fsp3) is 0.190. The van der Waals surface area contributed by atoms with Gasteiger partial charge in [0.05, 0.1) is 24.0 Å². The first kappa shape index (κ1) is 17.3. The monoisotopic (exact) mass is 390 g/mol. The fourth-order valence-corrected chi connectivity index (χ4v) is 3.38. The molecule has 3 aromatic heterocycles. The maximum atomic E-state index is 12.6. The zero-order chi connectivity index (χ0) is 20.0. The summed E-state index contributed by atoms with van der Waals surface area (Å²) in [4.78, 5) is 17.1. The van der Waals surface area contributed by atoms with Crippen molar-refractivity contribution in [2.45, 2.75) is 20.4 Å². The second-order valence-electron chi connectivity index (χ2n) is 6.81. The molecule has 1 aromatic carbocycles. The number of aryl methyl sites for hydroxylation is 2. The summed E-state index contributed by atoms with van der Waals surface area (Å²) in [5.74, 6) is 2.70. The molecular weight excluding hydrogens is 372 g/mol. The van der Waals surface area contributed by atoms with E-state index >= 15 is 0 Å². The molecule has 1 N–H and O–H groups in total. The third-order valence-corrected chi connectivity index (χ3v) is 4.91. The number of carbonyl (C=O) groups is 1. The highest BCUT2D eigenvalue weighted by atomic mass is 16.7. The molecule has 8 heteroatoms. The third kappa shape index (κ3) is 2.98. The number of aromatic nitrogens is 3. The van der Waals surface area contributed by atoms with Crippen LogP contribution in [0.3, 0.4) is 0 Å². The van der Waals surface area contributed by atoms with Crippen LogP contribution in [0, 0.1) is 13.8 Å². The Labute approximate surface area is 166 Å². The highest BCUT2D eigenvalue weighted by Crippen LogP contribution is 2.36. The van der Waals surface area contributed by atoms with Crippen LogP contribution in [0.4, 0.5) is 0 Å². The lowest BCUT2D eigenvalue weighted by atomic mass is 10.1. The number of amides is 1. The van der Waals surface area contributed by atoms with E-state index in [1.807, 2.05) is 44.2 Å². The Balaban J connectivity index is 1.44. The van der Waals surface area contributed by atoms with Gasteiger partial charge < -0.3 is 19.2 Å². The van der Waals surface area contributed by atoms with Crippen molar-refractivity contribution in [1.29, 1.82) is 0 Å². The van der Waals surface area contributed by atoms with Crippen molar-refractivity contribution in [3.05, 3.63) is 65.5 Å². The smallest absolute Gasteiger partial charge is 0.255 e. The lowest BCUT2D eigenvalue weighted by molar-refractivity contribution is 0.0946. The number of nitrogens with one attached hydrogen (secondary N) is 1. The Hall–Kier alpha value is -3.81. The summed E-state index contributed by atoms with van der Waals surface area (Å²) in [5, 5.41) is 7.29. The van der Waals surface area contributed by atoms with Crippen LogP contribution in [0.5, 0.6) is 11.5 Å². The van der Waals surface area contributed by atoms with E-state index < -0.39 is 0 Å². The van der Waals surface area contributed by atoms with E-state index in [2.05, 4.69) is 15.4 Å². The standard InChI is InChI=1S/C21H18N4O4/c1-12-3-5-15(29-12)8-23-21(26)16-9-22-20-17(10-24-25(20)13(16)2)14-4-6-18-19(7-14)28-11-27-18/h3-7,9-10H,8,11H2,1-2H3,(H,23,26). The lowest BCUT2D eigenvalue weighted by Crippen LogP contribution is -2.24. The van der Waals surface area contributed by atoms with Gasteiger partial charge in [-0.05, 0) is 43.7 Å². The molecule has 0 saturated heterocycles. The molecule has 0 aliphatic carbocycles. The van der Waals surface area contributed by atoms with Crippen molar-refractivity contribution >= 4 is 11.6 Å². The van der Waals surface area contributed by atoms with Crippen LogP contribution in [0.15, 0.2) is 47.1 Å². The molecule has 0 fully saturated rings. The van der Waals surface area contributed by atoms with E-state index in [4.69, 9.17) is 13.9 Å². The van der Waals surface area contributed by atoms with Crippen molar-refractivity contribution in [2.24, 2.45) is 0 Å². The van der Waals surface area contributed by atoms with Crippen molar-refractivity contribution in [2.75, 3.05) is 6.79 Å². The first-order chi connectivity index (χ1) is 14.1. The van der Waals surface area contributed by atoms with E-state index in [-0.39, 0.29) is 12.7 Å². The van der Waals surface area contributed by atoms with Gasteiger partial charge in [0.2, 0.25) is 6.79 Å². The molecule has 0 saturated carbocycles. The van der Waals surface area contributed by atoms with Crippen molar-refractivity contribution in [3.8, 4) is 22.6 Å². The molecule has 5 rings (SSSR count). The van der Waals surface area contributed by atoms with Crippen LogP contribution in [-0.2, 0) is 6.54 Å². The molecular formula is C21H18N4O4. The van der Waals surface area contributed by atoms with E-state index in [0.29, 0.717) is 35.0 Å². The number of carbonyl (C=O) groups excluding carboxylic acids is 1. The highest BCUT2D eigenvalue weighted by Gasteiger charge is 2.19. The molecule has 0 bridgehead atoms. The molecule has 0 spiro atoms. The minimum Gasteiger partial charge on any atom is -0.465 e. The van der Waals surface area contributed by atoms with Crippen LogP contribution in [0.2, 0.25) is 0 Å². The van der Waals surface area contributed by atoms with Gasteiger partial charge in [-0.2, -0.15) is 5.10 Å². The Morgan fingerprint density at radius 1 is 1.14 bits per heavy atom. The number of fused-ring (bicyclic) bond motifs is 2. The molecule has 1 amide bonds. The predicted molar refractivity (Wildman–Crippen MR) is 104 cm³/mol. The Morgan fingerprint density at radius 3 is 2.83 bits per heavy atom. The number of nitrogens with zero attached hydrogens (tertiary/aromatic N) is 3. The number of ether oxygens (including phenoxy) is 2. The largest absolute Gasteiger partial charge is 0.465 e. The van der Waals surface area contributed by atoms with Crippen LogP contribution >= 0.6 is 0 Å². The molecule has 0 unspecified atom stereocenters. The van der Waals surface area contributed by atoms with E-state index in [1.165, 1.54) is 0 Å². The zero-order valence-corrected chi connectivity index (χ0v) is 15.9. The summed E-state index contributed by atoms with van der Waals surface area (Å²) < 4.78 is 18.0. The maximum absolute atomic E-state index is 12.6. The zero-order valence-electron chi connectivity index (χ0n) is 15.9. The number of rotatable bonds is 4. The van der Waals surface area contributed by atoms with Gasteiger partial charge in [-0.15, -0.1) is 0 Å². The van der Waals surface area contributed by atoms with Crippen molar-refractivity contribution in [1.82, 2.24) is 19.9 Å².